The highest BCUT2D eigenvalue weighted by Crippen LogP contribution is 2.02. The minimum absolute atomic E-state index is 0.122. The van der Waals surface area contributed by atoms with E-state index >= 15 is 0 Å². The molecule has 1 rings (SSSR count). The van der Waals surface area contributed by atoms with Crippen LogP contribution in [0, 0.1) is 0 Å². The Morgan fingerprint density at radius 3 is 2.65 bits per heavy atom. The van der Waals surface area contributed by atoms with Gasteiger partial charge in [0.1, 0.15) is 0 Å². The van der Waals surface area contributed by atoms with Gasteiger partial charge in [0.15, 0.2) is 5.76 Å². The summed E-state index contributed by atoms with van der Waals surface area (Å²) in [7, 11) is 1.42. The summed E-state index contributed by atoms with van der Waals surface area (Å²) < 4.78 is 4.72. The first-order chi connectivity index (χ1) is 9.74. The van der Waals surface area contributed by atoms with Crippen LogP contribution in [0.5, 0.6) is 0 Å². The summed E-state index contributed by atoms with van der Waals surface area (Å²) >= 11 is 0. The van der Waals surface area contributed by atoms with E-state index in [0.717, 1.165) is 12.8 Å². The van der Waals surface area contributed by atoms with Crippen LogP contribution in [0.3, 0.4) is 0 Å². The molecule has 0 aromatic heterocycles. The Kier molecular flexibility index (Phi) is 7.58. The number of amides is 1. The first-order valence-corrected chi connectivity index (χ1v) is 6.60. The molecule has 0 aliphatic rings. The average molecular weight is 271 g/mol. The Morgan fingerprint density at radius 2 is 1.95 bits per heavy atom. The number of allylic oxidation sites excluding steroid dienone is 3. The molecule has 0 saturated heterocycles. The number of nitrogens with one attached hydrogen (secondary N) is 1. The molecule has 3 heteroatoms. The van der Waals surface area contributed by atoms with Gasteiger partial charge in [-0.3, -0.25) is 4.79 Å². The predicted octanol–water partition coefficient (Wildman–Crippen LogP) is 3.01. The highest BCUT2D eigenvalue weighted by Gasteiger charge is 2.02. The summed E-state index contributed by atoms with van der Waals surface area (Å²) in [5, 5.41) is 2.67. The van der Waals surface area contributed by atoms with Gasteiger partial charge >= 0.3 is 0 Å². The standard InChI is InChI=1S/C17H21NO2/c1-15(20-2)17(19)18-14-10-5-3-4-7-11-16-12-8-6-9-13-16/h3-6,8-10,12-13H,1,7,11,14H2,2H3,(H,18,19)/b4-3+,10-5+. The van der Waals surface area contributed by atoms with Crippen molar-refractivity contribution in [1.82, 2.24) is 5.32 Å². The van der Waals surface area contributed by atoms with Crippen molar-refractivity contribution in [2.45, 2.75) is 12.8 Å². The smallest absolute Gasteiger partial charge is 0.285 e. The number of benzene rings is 1. The van der Waals surface area contributed by atoms with E-state index < -0.39 is 0 Å². The van der Waals surface area contributed by atoms with E-state index in [1.807, 2.05) is 24.3 Å². The predicted molar refractivity (Wildman–Crippen MR) is 82.2 cm³/mol. The molecule has 0 saturated carbocycles. The van der Waals surface area contributed by atoms with Gasteiger partial charge < -0.3 is 10.1 Å². The normalized spacial score (nSPS) is 10.8. The number of carbonyl (C=O) groups excluding carboxylic acids is 1. The molecule has 0 spiro atoms. The van der Waals surface area contributed by atoms with Gasteiger partial charge in [-0.2, -0.15) is 0 Å². The maximum atomic E-state index is 11.3. The molecule has 3 nitrogen and oxygen atoms in total. The van der Waals surface area contributed by atoms with E-state index in [2.05, 4.69) is 42.2 Å². The van der Waals surface area contributed by atoms with Crippen LogP contribution in [0.1, 0.15) is 12.0 Å². The van der Waals surface area contributed by atoms with Crippen molar-refractivity contribution >= 4 is 5.91 Å². The Bertz CT molecular complexity index is 475. The molecular formula is C17H21NO2. The Labute approximate surface area is 120 Å². The number of hydrogen-bond acceptors (Lipinski definition) is 2. The number of rotatable bonds is 8. The van der Waals surface area contributed by atoms with Crippen molar-refractivity contribution < 1.29 is 9.53 Å². The zero-order chi connectivity index (χ0) is 14.6. The van der Waals surface area contributed by atoms with Gasteiger partial charge in [-0.05, 0) is 18.4 Å². The maximum absolute atomic E-state index is 11.3. The summed E-state index contributed by atoms with van der Waals surface area (Å²) in [6, 6.07) is 10.4. The SMILES string of the molecule is C=C(OC)C(=O)NC/C=C/C=C/CCc1ccccc1. The summed E-state index contributed by atoms with van der Waals surface area (Å²) in [5.41, 5.74) is 1.34. The zero-order valence-corrected chi connectivity index (χ0v) is 11.8. The lowest BCUT2D eigenvalue weighted by molar-refractivity contribution is -0.120. The van der Waals surface area contributed by atoms with Gasteiger partial charge in [0.2, 0.25) is 0 Å². The molecule has 1 N–H and O–H groups in total. The summed E-state index contributed by atoms with van der Waals surface area (Å²) in [5.74, 6) is -0.165. The summed E-state index contributed by atoms with van der Waals surface area (Å²) in [6.45, 7) is 3.93. The number of ether oxygens (including phenoxy) is 1. The van der Waals surface area contributed by atoms with Crippen molar-refractivity contribution in [1.29, 1.82) is 0 Å². The second-order valence-electron chi connectivity index (χ2n) is 4.22. The Hall–Kier alpha value is -2.29. The lowest BCUT2D eigenvalue weighted by atomic mass is 10.1. The lowest BCUT2D eigenvalue weighted by Crippen LogP contribution is -2.25. The number of aryl methyl sites for hydroxylation is 1. The fourth-order valence-electron chi connectivity index (χ4n) is 1.56. The molecule has 1 aromatic rings. The third-order valence-corrected chi connectivity index (χ3v) is 2.71. The number of hydrogen-bond donors (Lipinski definition) is 1. The van der Waals surface area contributed by atoms with Crippen molar-refractivity contribution in [2.24, 2.45) is 0 Å². The molecule has 0 heterocycles. The molecule has 106 valence electrons. The van der Waals surface area contributed by atoms with Gasteiger partial charge in [0.05, 0.1) is 7.11 Å². The fourth-order valence-corrected chi connectivity index (χ4v) is 1.56. The van der Waals surface area contributed by atoms with Crippen LogP contribution in [0.25, 0.3) is 0 Å². The second kappa shape index (κ2) is 9.62. The topological polar surface area (TPSA) is 38.3 Å². The first-order valence-electron chi connectivity index (χ1n) is 6.60. The van der Waals surface area contributed by atoms with Crippen LogP contribution in [0.4, 0.5) is 0 Å². The monoisotopic (exact) mass is 271 g/mol. The Morgan fingerprint density at radius 1 is 1.25 bits per heavy atom. The van der Waals surface area contributed by atoms with E-state index in [-0.39, 0.29) is 11.7 Å². The van der Waals surface area contributed by atoms with Crippen LogP contribution in [0.2, 0.25) is 0 Å². The van der Waals surface area contributed by atoms with E-state index in [4.69, 9.17) is 4.74 Å². The molecule has 0 atom stereocenters. The lowest BCUT2D eigenvalue weighted by Gasteiger charge is -2.02. The summed E-state index contributed by atoms with van der Waals surface area (Å²) in [4.78, 5) is 11.3. The molecule has 0 radical (unpaired) electrons. The van der Waals surface area contributed by atoms with Crippen molar-refractivity contribution in [3.63, 3.8) is 0 Å². The van der Waals surface area contributed by atoms with Gasteiger partial charge in [-0.25, -0.2) is 0 Å². The van der Waals surface area contributed by atoms with Crippen molar-refractivity contribution in [3.8, 4) is 0 Å². The molecule has 1 aromatic carbocycles. The highest BCUT2D eigenvalue weighted by atomic mass is 16.5. The molecular weight excluding hydrogens is 250 g/mol. The van der Waals surface area contributed by atoms with E-state index in [1.165, 1.54) is 12.7 Å². The number of carbonyl (C=O) groups is 1. The average Bonchev–Trinajstić information content (AvgIpc) is 2.49. The van der Waals surface area contributed by atoms with E-state index in [1.54, 1.807) is 0 Å². The first kappa shape index (κ1) is 15.8. The zero-order valence-electron chi connectivity index (χ0n) is 11.8. The third-order valence-electron chi connectivity index (χ3n) is 2.71. The minimum atomic E-state index is -0.287. The molecule has 1 amide bonds. The molecule has 20 heavy (non-hydrogen) atoms. The van der Waals surface area contributed by atoms with Gasteiger partial charge in [-0.1, -0.05) is 61.2 Å². The van der Waals surface area contributed by atoms with Crippen LogP contribution in [-0.4, -0.2) is 19.6 Å². The minimum Gasteiger partial charge on any atom is -0.492 e. The molecule has 0 fully saturated rings. The van der Waals surface area contributed by atoms with Gasteiger partial charge in [-0.15, -0.1) is 0 Å². The highest BCUT2D eigenvalue weighted by molar-refractivity contribution is 5.90. The van der Waals surface area contributed by atoms with Crippen LogP contribution >= 0.6 is 0 Å². The number of methoxy groups -OCH3 is 1. The third kappa shape index (κ3) is 6.59. The fraction of sp³-hybridized carbons (Fsp3) is 0.235. The van der Waals surface area contributed by atoms with Gasteiger partial charge in [0, 0.05) is 6.54 Å². The quantitative estimate of drug-likeness (QED) is 0.448. The van der Waals surface area contributed by atoms with Crippen molar-refractivity contribution in [3.05, 3.63) is 72.5 Å². The van der Waals surface area contributed by atoms with Crippen molar-refractivity contribution in [2.75, 3.05) is 13.7 Å². The second-order valence-corrected chi connectivity index (χ2v) is 4.22. The van der Waals surface area contributed by atoms with Gasteiger partial charge in [0.25, 0.3) is 5.91 Å². The van der Waals surface area contributed by atoms with Crippen LogP contribution in [0.15, 0.2) is 67.0 Å². The maximum Gasteiger partial charge on any atom is 0.285 e. The molecule has 0 aliphatic carbocycles. The largest absolute Gasteiger partial charge is 0.492 e. The summed E-state index contributed by atoms with van der Waals surface area (Å²) in [6.07, 6.45) is 9.93. The molecule has 0 unspecified atom stereocenters. The Balaban J connectivity index is 2.13. The van der Waals surface area contributed by atoms with Crippen LogP contribution in [-0.2, 0) is 16.0 Å². The van der Waals surface area contributed by atoms with Crippen LogP contribution < -0.4 is 5.32 Å². The molecule has 0 bridgehead atoms. The van der Waals surface area contributed by atoms with E-state index in [9.17, 15) is 4.79 Å². The molecule has 0 aliphatic heterocycles. The van der Waals surface area contributed by atoms with E-state index in [0.29, 0.717) is 6.54 Å².